The van der Waals surface area contributed by atoms with Gasteiger partial charge in [0.2, 0.25) is 0 Å². The minimum absolute atomic E-state index is 0. The van der Waals surface area contributed by atoms with Gasteiger partial charge in [-0.2, -0.15) is 0 Å². The number of hydrogen-bond acceptors (Lipinski definition) is 0. The van der Waals surface area contributed by atoms with Gasteiger partial charge in [-0.05, 0) is 0 Å². The van der Waals surface area contributed by atoms with E-state index in [-0.39, 0.29) is 18.9 Å². The SMILES string of the molecule is CCCCB(CCCC)CCCC.[LiH]. The summed E-state index contributed by atoms with van der Waals surface area (Å²) in [5.41, 5.74) is 0. The number of rotatable bonds is 9. The second-order valence-corrected chi connectivity index (χ2v) is 4.29. The van der Waals surface area contributed by atoms with E-state index in [2.05, 4.69) is 20.8 Å². The van der Waals surface area contributed by atoms with Crippen LogP contribution >= 0.6 is 0 Å². The molecule has 0 aliphatic heterocycles. The zero-order valence-corrected chi connectivity index (χ0v) is 9.94. The molecular weight excluding hydrogens is 162 g/mol. The summed E-state index contributed by atoms with van der Waals surface area (Å²) in [5, 5.41) is 0. The molecule has 0 amide bonds. The molecule has 14 heavy (non-hydrogen) atoms. The summed E-state index contributed by atoms with van der Waals surface area (Å²) in [4.78, 5) is 0. The number of hydrogen-bond donors (Lipinski definition) is 0. The van der Waals surface area contributed by atoms with Crippen molar-refractivity contribution in [1.82, 2.24) is 0 Å². The topological polar surface area (TPSA) is 0 Å². The maximum absolute atomic E-state index is 2.30. The first-order chi connectivity index (χ1) is 6.35. The van der Waals surface area contributed by atoms with Gasteiger partial charge in [-0.25, -0.2) is 0 Å². The quantitative estimate of drug-likeness (QED) is 0.477. The summed E-state index contributed by atoms with van der Waals surface area (Å²) in [6, 6.07) is 0. The van der Waals surface area contributed by atoms with E-state index in [1.807, 2.05) is 0 Å². The van der Waals surface area contributed by atoms with Gasteiger partial charge in [0.25, 0.3) is 0 Å². The Morgan fingerprint density at radius 2 is 0.929 bits per heavy atom. The van der Waals surface area contributed by atoms with Crippen molar-refractivity contribution in [2.24, 2.45) is 0 Å². The van der Waals surface area contributed by atoms with Crippen molar-refractivity contribution in [3.05, 3.63) is 0 Å². The Morgan fingerprint density at radius 3 is 1.14 bits per heavy atom. The van der Waals surface area contributed by atoms with Crippen molar-refractivity contribution in [3.63, 3.8) is 0 Å². The molecule has 0 N–H and O–H groups in total. The third kappa shape index (κ3) is 10.7. The van der Waals surface area contributed by atoms with E-state index in [1.54, 1.807) is 0 Å². The van der Waals surface area contributed by atoms with Gasteiger partial charge in [0, 0.05) is 0 Å². The van der Waals surface area contributed by atoms with Gasteiger partial charge < -0.3 is 0 Å². The molecule has 0 atom stereocenters. The molecule has 0 saturated heterocycles. The summed E-state index contributed by atoms with van der Waals surface area (Å²) in [5.74, 6) is 0. The minimum atomic E-state index is 0. The first-order valence-electron chi connectivity index (χ1n) is 6.35. The molecule has 0 aromatic heterocycles. The van der Waals surface area contributed by atoms with Crippen LogP contribution in [0, 0.1) is 0 Å². The molecule has 2 heteroatoms. The zero-order valence-electron chi connectivity index (χ0n) is 9.94. The van der Waals surface area contributed by atoms with Gasteiger partial charge in [-0.1, -0.05) is 78.3 Å². The fraction of sp³-hybridized carbons (Fsp3) is 1.00. The molecule has 0 fully saturated rings. The second kappa shape index (κ2) is 13.7. The van der Waals surface area contributed by atoms with Crippen LogP contribution in [0.15, 0.2) is 0 Å². The summed E-state index contributed by atoms with van der Waals surface area (Å²) in [7, 11) is 0. The van der Waals surface area contributed by atoms with Crippen LogP contribution in [0.4, 0.5) is 0 Å². The summed E-state index contributed by atoms with van der Waals surface area (Å²) >= 11 is 0. The Hall–Kier alpha value is 0.662. The Morgan fingerprint density at radius 1 is 0.643 bits per heavy atom. The zero-order chi connectivity index (χ0) is 9.94. The molecular formula is C12H28BLi. The molecule has 0 aromatic rings. The molecule has 80 valence electrons. The second-order valence-electron chi connectivity index (χ2n) is 4.29. The third-order valence-electron chi connectivity index (χ3n) is 2.90. The average Bonchev–Trinajstić information content (AvgIpc) is 2.17. The van der Waals surface area contributed by atoms with Crippen LogP contribution in [0.25, 0.3) is 0 Å². The molecule has 0 nitrogen and oxygen atoms in total. The Balaban J connectivity index is 0. The van der Waals surface area contributed by atoms with E-state index in [0.717, 1.165) is 6.71 Å². The van der Waals surface area contributed by atoms with Gasteiger partial charge in [0.1, 0.15) is 6.71 Å². The Bertz CT molecular complexity index is 77.3. The molecule has 0 unspecified atom stereocenters. The van der Waals surface area contributed by atoms with Crippen molar-refractivity contribution in [3.8, 4) is 0 Å². The monoisotopic (exact) mass is 190 g/mol. The standard InChI is InChI=1S/C12H27B.Li.H/c1-4-7-10-13(11-8-5-2)12-9-6-3;;/h4-12H2,1-3H3;;. The van der Waals surface area contributed by atoms with Gasteiger partial charge >= 0.3 is 18.9 Å². The molecule has 0 aromatic carbocycles. The van der Waals surface area contributed by atoms with Gasteiger partial charge in [-0.3, -0.25) is 0 Å². The van der Waals surface area contributed by atoms with Crippen molar-refractivity contribution in [2.75, 3.05) is 0 Å². The normalized spacial score (nSPS) is 9.64. The van der Waals surface area contributed by atoms with Crippen molar-refractivity contribution < 1.29 is 0 Å². The predicted molar refractivity (Wildman–Crippen MR) is 72.0 cm³/mol. The molecule has 0 heterocycles. The van der Waals surface area contributed by atoms with Gasteiger partial charge in [0.05, 0.1) is 0 Å². The average molecular weight is 190 g/mol. The van der Waals surface area contributed by atoms with Crippen LogP contribution in [0.5, 0.6) is 0 Å². The molecule has 0 saturated carbocycles. The van der Waals surface area contributed by atoms with Gasteiger partial charge in [-0.15, -0.1) is 0 Å². The van der Waals surface area contributed by atoms with Crippen LogP contribution in [0.1, 0.15) is 59.3 Å². The Kier molecular flexibility index (Phi) is 16.7. The van der Waals surface area contributed by atoms with E-state index in [4.69, 9.17) is 0 Å². The van der Waals surface area contributed by atoms with Gasteiger partial charge in [0.15, 0.2) is 0 Å². The van der Waals surface area contributed by atoms with E-state index >= 15 is 0 Å². The van der Waals surface area contributed by atoms with Crippen molar-refractivity contribution >= 4 is 25.6 Å². The van der Waals surface area contributed by atoms with Crippen LogP contribution in [0.2, 0.25) is 19.0 Å². The molecule has 0 spiro atoms. The van der Waals surface area contributed by atoms with E-state index in [1.165, 1.54) is 57.5 Å². The maximum atomic E-state index is 2.30. The van der Waals surface area contributed by atoms with Crippen LogP contribution in [-0.2, 0) is 0 Å². The molecule has 0 aliphatic rings. The molecule has 0 rings (SSSR count). The van der Waals surface area contributed by atoms with E-state index in [0.29, 0.717) is 0 Å². The summed E-state index contributed by atoms with van der Waals surface area (Å²) in [6.07, 6.45) is 12.9. The fourth-order valence-corrected chi connectivity index (χ4v) is 1.91. The number of unbranched alkanes of at least 4 members (excludes halogenated alkanes) is 3. The van der Waals surface area contributed by atoms with Crippen LogP contribution in [-0.4, -0.2) is 25.6 Å². The molecule has 0 aliphatic carbocycles. The molecule has 0 bridgehead atoms. The Labute approximate surface area is 104 Å². The fourth-order valence-electron chi connectivity index (χ4n) is 1.91. The van der Waals surface area contributed by atoms with Crippen molar-refractivity contribution in [2.45, 2.75) is 78.3 Å². The first kappa shape index (κ1) is 17.1. The van der Waals surface area contributed by atoms with Crippen LogP contribution < -0.4 is 0 Å². The van der Waals surface area contributed by atoms with E-state index in [9.17, 15) is 0 Å². The molecule has 0 radical (unpaired) electrons. The van der Waals surface area contributed by atoms with E-state index < -0.39 is 0 Å². The van der Waals surface area contributed by atoms with Crippen molar-refractivity contribution in [1.29, 1.82) is 0 Å². The third-order valence-corrected chi connectivity index (χ3v) is 2.90. The summed E-state index contributed by atoms with van der Waals surface area (Å²) < 4.78 is 0. The van der Waals surface area contributed by atoms with Crippen LogP contribution in [0.3, 0.4) is 0 Å². The predicted octanol–water partition coefficient (Wildman–Crippen LogP) is 4.23. The first-order valence-corrected chi connectivity index (χ1v) is 6.35. The summed E-state index contributed by atoms with van der Waals surface area (Å²) in [6.45, 7) is 7.95.